The van der Waals surface area contributed by atoms with E-state index < -0.39 is 11.6 Å². The Morgan fingerprint density at radius 2 is 1.87 bits per heavy atom. The molecule has 3 heterocycles. The number of benzene rings is 1. The van der Waals surface area contributed by atoms with E-state index in [0.717, 1.165) is 0 Å². The van der Waals surface area contributed by atoms with Gasteiger partial charge in [-0.15, -0.1) is 0 Å². The Balaban J connectivity index is 1.98. The minimum absolute atomic E-state index is 0.0266. The molecule has 0 aliphatic heterocycles. The van der Waals surface area contributed by atoms with E-state index in [1.165, 1.54) is 10.8 Å². The van der Waals surface area contributed by atoms with E-state index >= 15 is 0 Å². The largest absolute Gasteiger partial charge is 0.382 e. The van der Waals surface area contributed by atoms with Crippen molar-refractivity contribution in [2.75, 3.05) is 16.8 Å². The lowest BCUT2D eigenvalue weighted by Crippen LogP contribution is -2.29. The summed E-state index contributed by atoms with van der Waals surface area (Å²) in [6.45, 7) is 1.90. The van der Waals surface area contributed by atoms with Crippen LogP contribution in [0.15, 0.2) is 29.2 Å². The second-order valence-electron chi connectivity index (χ2n) is 6.54. The molecule has 4 rings (SSSR count). The zero-order valence-corrected chi connectivity index (χ0v) is 18.3. The second-order valence-corrected chi connectivity index (χ2v) is 7.73. The molecule has 0 spiro atoms. The number of H-pyrrole nitrogens is 1. The minimum Gasteiger partial charge on any atom is -0.382 e. The number of aromatic nitrogens is 6. The first-order valence-electron chi connectivity index (χ1n) is 9.07. The first kappa shape index (κ1) is 21.2. The Labute approximate surface area is 190 Å². The normalized spacial score (nSPS) is 12.3. The average Bonchev–Trinajstić information content (AvgIpc) is 3.26. The SMILES string of the molecule is CC[C@H](Nc1nc(N)nc(N)c1Cl)c1nc2c(Cl)ccc(Cl)c2c(=O)n1-c1ccn[nH]1. The van der Waals surface area contributed by atoms with Crippen LogP contribution in [0, 0.1) is 0 Å². The summed E-state index contributed by atoms with van der Waals surface area (Å²) in [5, 5.41) is 10.7. The summed E-state index contributed by atoms with van der Waals surface area (Å²) in [7, 11) is 0. The van der Waals surface area contributed by atoms with Crippen molar-refractivity contribution in [2.24, 2.45) is 0 Å². The Kier molecular flexibility index (Phi) is 5.61. The number of halogens is 3. The van der Waals surface area contributed by atoms with Crippen LogP contribution >= 0.6 is 34.8 Å². The zero-order chi connectivity index (χ0) is 22.3. The van der Waals surface area contributed by atoms with Gasteiger partial charge in [-0.3, -0.25) is 9.89 Å². The van der Waals surface area contributed by atoms with Crippen LogP contribution in [0.1, 0.15) is 25.2 Å². The summed E-state index contributed by atoms with van der Waals surface area (Å²) in [6, 6.07) is 4.23. The zero-order valence-electron chi connectivity index (χ0n) is 16.0. The Hall–Kier alpha value is -3.08. The van der Waals surface area contributed by atoms with Crippen LogP contribution in [0.25, 0.3) is 16.7 Å². The number of anilines is 3. The highest BCUT2D eigenvalue weighted by atomic mass is 35.5. The maximum atomic E-state index is 13.5. The van der Waals surface area contributed by atoms with Crippen molar-refractivity contribution in [3.05, 3.63) is 55.6 Å². The molecule has 3 aromatic heterocycles. The van der Waals surface area contributed by atoms with Gasteiger partial charge in [0.05, 0.1) is 33.2 Å². The summed E-state index contributed by atoms with van der Waals surface area (Å²) in [5.74, 6) is 0.922. The van der Waals surface area contributed by atoms with Crippen LogP contribution in [0.3, 0.4) is 0 Å². The Bertz CT molecular complexity index is 1340. The summed E-state index contributed by atoms with van der Waals surface area (Å²) in [6.07, 6.45) is 2.01. The quantitative estimate of drug-likeness (QED) is 0.338. The van der Waals surface area contributed by atoms with Crippen molar-refractivity contribution < 1.29 is 0 Å². The number of hydrogen-bond acceptors (Lipinski definition) is 8. The van der Waals surface area contributed by atoms with Crippen molar-refractivity contribution in [3.8, 4) is 5.82 Å². The molecule has 0 unspecified atom stereocenters. The third kappa shape index (κ3) is 3.73. The smallest absolute Gasteiger partial charge is 0.268 e. The molecule has 160 valence electrons. The second kappa shape index (κ2) is 8.22. The van der Waals surface area contributed by atoms with Crippen molar-refractivity contribution in [3.63, 3.8) is 0 Å². The maximum Gasteiger partial charge on any atom is 0.268 e. The lowest BCUT2D eigenvalue weighted by Gasteiger charge is -2.22. The fraction of sp³-hybridized carbons (Fsp3) is 0.167. The van der Waals surface area contributed by atoms with E-state index in [1.807, 2.05) is 6.92 Å². The van der Waals surface area contributed by atoms with Crippen LogP contribution in [0.2, 0.25) is 15.1 Å². The van der Waals surface area contributed by atoms with Crippen molar-refractivity contribution >= 4 is 63.3 Å². The molecule has 1 aromatic carbocycles. The van der Waals surface area contributed by atoms with Gasteiger partial charge < -0.3 is 16.8 Å². The molecule has 0 amide bonds. The molecule has 4 aromatic rings. The minimum atomic E-state index is -0.540. The van der Waals surface area contributed by atoms with Gasteiger partial charge in [0.15, 0.2) is 5.82 Å². The third-order valence-corrected chi connectivity index (χ3v) is 5.59. The maximum absolute atomic E-state index is 13.5. The molecular formula is C18H16Cl3N9O. The van der Waals surface area contributed by atoms with Gasteiger partial charge in [-0.25, -0.2) is 9.55 Å². The van der Waals surface area contributed by atoms with E-state index in [0.29, 0.717) is 18.1 Å². The Morgan fingerprint density at radius 1 is 1.13 bits per heavy atom. The predicted octanol–water partition coefficient (Wildman–Crippen LogP) is 3.59. The lowest BCUT2D eigenvalue weighted by atomic mass is 10.1. The van der Waals surface area contributed by atoms with E-state index in [4.69, 9.17) is 46.3 Å². The molecule has 0 radical (unpaired) electrons. The van der Waals surface area contributed by atoms with Crippen molar-refractivity contribution in [1.29, 1.82) is 0 Å². The number of aromatic amines is 1. The van der Waals surface area contributed by atoms with Crippen LogP contribution < -0.4 is 22.3 Å². The van der Waals surface area contributed by atoms with E-state index in [9.17, 15) is 4.79 Å². The molecule has 0 saturated heterocycles. The fourth-order valence-corrected chi connectivity index (χ4v) is 3.74. The molecule has 6 N–H and O–H groups in total. The molecular weight excluding hydrogens is 465 g/mol. The van der Waals surface area contributed by atoms with Crippen molar-refractivity contribution in [1.82, 2.24) is 29.7 Å². The van der Waals surface area contributed by atoms with Gasteiger partial charge in [0.1, 0.15) is 22.5 Å². The number of nitrogens with zero attached hydrogens (tertiary/aromatic N) is 5. The van der Waals surface area contributed by atoms with Gasteiger partial charge in [0.2, 0.25) is 5.95 Å². The molecule has 0 aliphatic rings. The molecule has 31 heavy (non-hydrogen) atoms. The van der Waals surface area contributed by atoms with Crippen LogP contribution in [0.4, 0.5) is 17.6 Å². The highest BCUT2D eigenvalue weighted by Gasteiger charge is 2.24. The first-order valence-corrected chi connectivity index (χ1v) is 10.2. The van der Waals surface area contributed by atoms with Crippen LogP contribution in [-0.4, -0.2) is 29.7 Å². The van der Waals surface area contributed by atoms with Gasteiger partial charge in [0.25, 0.3) is 5.56 Å². The Morgan fingerprint density at radius 3 is 2.55 bits per heavy atom. The average molecular weight is 481 g/mol. The number of hydrogen-bond donors (Lipinski definition) is 4. The molecule has 0 bridgehead atoms. The number of nitrogens with one attached hydrogen (secondary N) is 2. The molecule has 0 saturated carbocycles. The highest BCUT2D eigenvalue weighted by molar-refractivity contribution is 6.39. The summed E-state index contributed by atoms with van der Waals surface area (Å²) in [5.41, 5.74) is 11.4. The third-order valence-electron chi connectivity index (χ3n) is 4.60. The molecule has 1 atom stereocenters. The summed E-state index contributed by atoms with van der Waals surface area (Å²) < 4.78 is 1.38. The standard InChI is InChI=1S/C18H16Cl3N9O/c1-2-9(25-15-12(21)14(22)27-18(23)28-15)16-26-13-8(20)4-3-7(19)11(13)17(31)30(16)10-5-6-24-29-10/h3-6,9H,2H2,1H3,(H,24,29)(H5,22,23,25,27,28)/t9-/m0/s1. The summed E-state index contributed by atoms with van der Waals surface area (Å²) >= 11 is 18.9. The van der Waals surface area contributed by atoms with Gasteiger partial charge in [-0.1, -0.05) is 41.7 Å². The predicted molar refractivity (Wildman–Crippen MR) is 122 cm³/mol. The van der Waals surface area contributed by atoms with Gasteiger partial charge in [-0.05, 0) is 18.6 Å². The van der Waals surface area contributed by atoms with E-state index in [1.54, 1.807) is 18.2 Å². The number of nitrogen functional groups attached to an aromatic ring is 2. The van der Waals surface area contributed by atoms with E-state index in [-0.39, 0.29) is 43.6 Å². The number of nitrogens with two attached hydrogens (primary N) is 2. The monoisotopic (exact) mass is 479 g/mol. The lowest BCUT2D eigenvalue weighted by molar-refractivity contribution is 0.653. The molecule has 13 heteroatoms. The number of rotatable bonds is 5. The van der Waals surface area contributed by atoms with Gasteiger partial charge in [0, 0.05) is 6.07 Å². The van der Waals surface area contributed by atoms with Gasteiger partial charge >= 0.3 is 0 Å². The molecule has 10 nitrogen and oxygen atoms in total. The van der Waals surface area contributed by atoms with Crippen LogP contribution in [0.5, 0.6) is 0 Å². The van der Waals surface area contributed by atoms with Crippen molar-refractivity contribution in [2.45, 2.75) is 19.4 Å². The molecule has 0 fully saturated rings. The number of fused-ring (bicyclic) bond motifs is 1. The van der Waals surface area contributed by atoms with E-state index in [2.05, 4.69) is 30.5 Å². The fourth-order valence-electron chi connectivity index (χ4n) is 3.17. The highest BCUT2D eigenvalue weighted by Crippen LogP contribution is 2.32. The molecule has 0 aliphatic carbocycles. The van der Waals surface area contributed by atoms with Gasteiger partial charge in [-0.2, -0.15) is 15.1 Å². The summed E-state index contributed by atoms with van der Waals surface area (Å²) in [4.78, 5) is 26.1. The topological polar surface area (TPSA) is 153 Å². The van der Waals surface area contributed by atoms with Crippen LogP contribution in [-0.2, 0) is 0 Å². The first-order chi connectivity index (χ1) is 14.8.